The number of likely N-dealkylation sites (tertiary alicyclic amines) is 1. The lowest BCUT2D eigenvalue weighted by molar-refractivity contribution is -0.129. The third kappa shape index (κ3) is 2.29. The SMILES string of the molecule is CO[C@H]1CN(C(=O)CC#N)C[C@H]1n1ccnc1. The molecule has 0 spiro atoms. The number of carbonyl (C=O) groups is 1. The van der Waals surface area contributed by atoms with Crippen molar-refractivity contribution in [2.75, 3.05) is 20.2 Å². The molecule has 0 saturated carbocycles. The molecule has 1 amide bonds. The highest BCUT2D eigenvalue weighted by Gasteiger charge is 2.35. The minimum Gasteiger partial charge on any atom is -0.377 e. The molecule has 1 aromatic rings. The third-order valence-corrected chi connectivity index (χ3v) is 3.03. The van der Waals surface area contributed by atoms with Gasteiger partial charge in [0.15, 0.2) is 0 Å². The van der Waals surface area contributed by atoms with Crippen molar-refractivity contribution in [3.63, 3.8) is 0 Å². The first-order valence-corrected chi connectivity index (χ1v) is 5.41. The number of hydrogen-bond acceptors (Lipinski definition) is 4. The summed E-state index contributed by atoms with van der Waals surface area (Å²) in [4.78, 5) is 17.3. The smallest absolute Gasteiger partial charge is 0.236 e. The van der Waals surface area contributed by atoms with Crippen LogP contribution in [0.5, 0.6) is 0 Å². The van der Waals surface area contributed by atoms with Crippen molar-refractivity contribution in [3.8, 4) is 6.07 Å². The van der Waals surface area contributed by atoms with Crippen molar-refractivity contribution in [1.29, 1.82) is 5.26 Å². The zero-order valence-corrected chi connectivity index (χ0v) is 9.61. The zero-order valence-electron chi connectivity index (χ0n) is 9.61. The summed E-state index contributed by atoms with van der Waals surface area (Å²) in [7, 11) is 1.63. The van der Waals surface area contributed by atoms with Crippen molar-refractivity contribution in [3.05, 3.63) is 18.7 Å². The van der Waals surface area contributed by atoms with Crippen molar-refractivity contribution in [1.82, 2.24) is 14.5 Å². The number of nitriles is 1. The molecule has 1 aliphatic rings. The molecule has 0 aliphatic carbocycles. The average molecular weight is 234 g/mol. The molecule has 6 nitrogen and oxygen atoms in total. The molecule has 0 aromatic carbocycles. The van der Waals surface area contributed by atoms with E-state index in [0.717, 1.165) is 0 Å². The van der Waals surface area contributed by atoms with E-state index in [1.54, 1.807) is 24.5 Å². The van der Waals surface area contributed by atoms with E-state index < -0.39 is 0 Å². The van der Waals surface area contributed by atoms with Crippen LogP contribution in [0.25, 0.3) is 0 Å². The van der Waals surface area contributed by atoms with E-state index in [-0.39, 0.29) is 24.5 Å². The molecule has 0 unspecified atom stereocenters. The van der Waals surface area contributed by atoms with Gasteiger partial charge in [0.1, 0.15) is 6.42 Å². The summed E-state index contributed by atoms with van der Waals surface area (Å²) in [5.41, 5.74) is 0. The van der Waals surface area contributed by atoms with Crippen LogP contribution >= 0.6 is 0 Å². The van der Waals surface area contributed by atoms with Gasteiger partial charge >= 0.3 is 0 Å². The Morgan fingerprint density at radius 2 is 2.47 bits per heavy atom. The predicted octanol–water partition coefficient (Wildman–Crippen LogP) is 0.195. The largest absolute Gasteiger partial charge is 0.377 e. The molecular weight excluding hydrogens is 220 g/mol. The molecule has 2 heterocycles. The molecule has 90 valence electrons. The fourth-order valence-corrected chi connectivity index (χ4v) is 2.12. The molecule has 1 saturated heterocycles. The summed E-state index contributed by atoms with van der Waals surface area (Å²) in [5, 5.41) is 8.53. The fraction of sp³-hybridized carbons (Fsp3) is 0.545. The maximum Gasteiger partial charge on any atom is 0.236 e. The first-order chi connectivity index (χ1) is 8.26. The van der Waals surface area contributed by atoms with Crippen LogP contribution in [0.15, 0.2) is 18.7 Å². The van der Waals surface area contributed by atoms with E-state index in [0.29, 0.717) is 13.1 Å². The third-order valence-electron chi connectivity index (χ3n) is 3.03. The highest BCUT2D eigenvalue weighted by molar-refractivity contribution is 5.78. The predicted molar refractivity (Wildman–Crippen MR) is 58.9 cm³/mol. The minimum absolute atomic E-state index is 0.0492. The first-order valence-electron chi connectivity index (χ1n) is 5.41. The van der Waals surface area contributed by atoms with Crippen LogP contribution < -0.4 is 0 Å². The van der Waals surface area contributed by atoms with E-state index in [4.69, 9.17) is 10.00 Å². The van der Waals surface area contributed by atoms with Crippen LogP contribution in [-0.4, -0.2) is 46.7 Å². The van der Waals surface area contributed by atoms with Crippen LogP contribution in [-0.2, 0) is 9.53 Å². The Balaban J connectivity index is 2.09. The van der Waals surface area contributed by atoms with E-state index in [2.05, 4.69) is 4.98 Å². The van der Waals surface area contributed by atoms with Gasteiger partial charge in [0.25, 0.3) is 0 Å². The lowest BCUT2D eigenvalue weighted by Crippen LogP contribution is -2.29. The molecular formula is C11H14N4O2. The Morgan fingerprint density at radius 3 is 3.06 bits per heavy atom. The molecule has 6 heteroatoms. The van der Waals surface area contributed by atoms with Gasteiger partial charge in [-0.2, -0.15) is 5.26 Å². The first kappa shape index (κ1) is 11.6. The Kier molecular flexibility index (Phi) is 3.40. The number of nitrogens with zero attached hydrogens (tertiary/aromatic N) is 4. The second-order valence-electron chi connectivity index (χ2n) is 3.99. The summed E-state index contributed by atoms with van der Waals surface area (Å²) in [5.74, 6) is -0.142. The molecule has 1 aliphatic heterocycles. The lowest BCUT2D eigenvalue weighted by Gasteiger charge is -2.17. The molecule has 0 bridgehead atoms. The van der Waals surface area contributed by atoms with Crippen LogP contribution in [0.1, 0.15) is 12.5 Å². The second-order valence-corrected chi connectivity index (χ2v) is 3.99. The topological polar surface area (TPSA) is 71.2 Å². The Labute approximate surface area is 99.4 Å². The van der Waals surface area contributed by atoms with Gasteiger partial charge in [-0.3, -0.25) is 4.79 Å². The normalized spacial score (nSPS) is 23.6. The van der Waals surface area contributed by atoms with Crippen LogP contribution in [0.2, 0.25) is 0 Å². The summed E-state index contributed by atoms with van der Waals surface area (Å²) >= 11 is 0. The van der Waals surface area contributed by atoms with Gasteiger partial charge in [-0.15, -0.1) is 0 Å². The molecule has 1 fully saturated rings. The minimum atomic E-state index is -0.142. The second kappa shape index (κ2) is 4.97. The number of methoxy groups -OCH3 is 1. The summed E-state index contributed by atoms with van der Waals surface area (Å²) in [6, 6.07) is 1.95. The van der Waals surface area contributed by atoms with Crippen LogP contribution in [0.3, 0.4) is 0 Å². The summed E-state index contributed by atoms with van der Waals surface area (Å²) in [6.07, 6.45) is 5.15. The van der Waals surface area contributed by atoms with Crippen LogP contribution in [0.4, 0.5) is 0 Å². The van der Waals surface area contributed by atoms with Crippen molar-refractivity contribution in [2.24, 2.45) is 0 Å². The van der Waals surface area contributed by atoms with E-state index in [1.165, 1.54) is 0 Å². The maximum absolute atomic E-state index is 11.6. The van der Waals surface area contributed by atoms with Crippen molar-refractivity contribution in [2.45, 2.75) is 18.6 Å². The molecule has 1 aromatic heterocycles. The average Bonchev–Trinajstić information content (AvgIpc) is 2.97. The zero-order chi connectivity index (χ0) is 12.3. The Morgan fingerprint density at radius 1 is 1.65 bits per heavy atom. The van der Waals surface area contributed by atoms with Gasteiger partial charge in [0.05, 0.1) is 24.5 Å². The van der Waals surface area contributed by atoms with Crippen molar-refractivity contribution >= 4 is 5.91 Å². The van der Waals surface area contributed by atoms with Gasteiger partial charge in [-0.25, -0.2) is 4.98 Å². The molecule has 0 N–H and O–H groups in total. The molecule has 0 radical (unpaired) electrons. The number of aromatic nitrogens is 2. The van der Waals surface area contributed by atoms with E-state index in [9.17, 15) is 4.79 Å². The van der Waals surface area contributed by atoms with Gasteiger partial charge in [-0.1, -0.05) is 0 Å². The van der Waals surface area contributed by atoms with Gasteiger partial charge in [0.2, 0.25) is 5.91 Å². The highest BCUT2D eigenvalue weighted by Crippen LogP contribution is 2.24. The standard InChI is InChI=1S/C11H14N4O2/c1-17-10-7-15(11(16)2-3-12)6-9(10)14-5-4-13-8-14/h4-5,8-10H,2,6-7H2,1H3/t9-,10+/m1/s1. The number of carbonyl (C=O) groups excluding carboxylic acids is 1. The quantitative estimate of drug-likeness (QED) is 0.748. The Hall–Kier alpha value is -1.87. The molecule has 2 rings (SSSR count). The molecule has 17 heavy (non-hydrogen) atoms. The fourth-order valence-electron chi connectivity index (χ4n) is 2.12. The number of hydrogen-bond donors (Lipinski definition) is 0. The van der Waals surface area contributed by atoms with Crippen LogP contribution in [0, 0.1) is 11.3 Å². The van der Waals surface area contributed by atoms with Gasteiger partial charge in [-0.05, 0) is 0 Å². The number of rotatable bonds is 3. The van der Waals surface area contributed by atoms with Crippen molar-refractivity contribution < 1.29 is 9.53 Å². The van der Waals surface area contributed by atoms with E-state index in [1.807, 2.05) is 16.8 Å². The Bertz CT molecular complexity index is 423. The summed E-state index contributed by atoms with van der Waals surface area (Å²) < 4.78 is 7.32. The van der Waals surface area contributed by atoms with Gasteiger partial charge in [0, 0.05) is 32.6 Å². The number of ether oxygens (including phenoxy) is 1. The summed E-state index contributed by atoms with van der Waals surface area (Å²) in [6.45, 7) is 1.09. The highest BCUT2D eigenvalue weighted by atomic mass is 16.5. The van der Waals surface area contributed by atoms with Gasteiger partial charge < -0.3 is 14.2 Å². The lowest BCUT2D eigenvalue weighted by atomic mass is 10.2. The molecule has 2 atom stereocenters. The maximum atomic E-state index is 11.6. The number of amides is 1. The monoisotopic (exact) mass is 234 g/mol. The number of imidazole rings is 1. The van der Waals surface area contributed by atoms with E-state index >= 15 is 0 Å².